The fraction of sp³-hybridized carbons (Fsp3) is 0.200. The molecule has 0 aliphatic heterocycles. The second-order valence-corrected chi connectivity index (χ2v) is 4.52. The maximum Gasteiger partial charge on any atom is 0.309 e. The van der Waals surface area contributed by atoms with Crippen LogP contribution in [0.15, 0.2) is 42.7 Å². The van der Waals surface area contributed by atoms with Gasteiger partial charge in [0, 0.05) is 18.1 Å². The number of nitrogens with one attached hydrogen (secondary N) is 1. The summed E-state index contributed by atoms with van der Waals surface area (Å²) in [5, 5.41) is 0. The first-order chi connectivity index (χ1) is 9.70. The summed E-state index contributed by atoms with van der Waals surface area (Å²) >= 11 is 5.17. The van der Waals surface area contributed by atoms with Crippen molar-refractivity contribution in [2.75, 3.05) is 6.61 Å². The first-order valence-electron chi connectivity index (χ1n) is 6.39. The third-order valence-electron chi connectivity index (χ3n) is 2.72. The quantitative estimate of drug-likeness (QED) is 0.676. The number of nitrogens with zero attached hydrogens (tertiary/aromatic N) is 1. The van der Waals surface area contributed by atoms with Gasteiger partial charge in [0.15, 0.2) is 4.77 Å². The number of aromatic nitrogens is 2. The predicted molar refractivity (Wildman–Crippen MR) is 81.2 cm³/mol. The molecule has 20 heavy (non-hydrogen) atoms. The van der Waals surface area contributed by atoms with Crippen molar-refractivity contribution in [3.63, 3.8) is 0 Å². The third kappa shape index (κ3) is 3.68. The number of rotatable bonds is 5. The first-order valence-corrected chi connectivity index (χ1v) is 6.80. The van der Waals surface area contributed by atoms with E-state index in [1.807, 2.05) is 41.1 Å². The van der Waals surface area contributed by atoms with Crippen molar-refractivity contribution in [1.82, 2.24) is 9.55 Å². The van der Waals surface area contributed by atoms with E-state index in [2.05, 4.69) is 4.98 Å². The van der Waals surface area contributed by atoms with Crippen molar-refractivity contribution in [2.24, 2.45) is 0 Å². The predicted octanol–water partition coefficient (Wildman–Crippen LogP) is 3.50. The lowest BCUT2D eigenvalue weighted by Gasteiger charge is -2.02. The molecule has 0 radical (unpaired) electrons. The Bertz CT molecular complexity index is 653. The number of aromatic amines is 1. The molecule has 0 spiro atoms. The monoisotopic (exact) mass is 288 g/mol. The molecule has 1 heterocycles. The molecule has 0 aliphatic rings. The van der Waals surface area contributed by atoms with Gasteiger partial charge >= 0.3 is 5.97 Å². The van der Waals surface area contributed by atoms with E-state index in [1.165, 1.54) is 0 Å². The Morgan fingerprint density at radius 1 is 1.40 bits per heavy atom. The molecule has 0 fully saturated rings. The number of hydrogen-bond donors (Lipinski definition) is 1. The van der Waals surface area contributed by atoms with Gasteiger partial charge < -0.3 is 9.72 Å². The van der Waals surface area contributed by atoms with Crippen LogP contribution in [0.5, 0.6) is 0 Å². The zero-order valence-corrected chi connectivity index (χ0v) is 12.0. The summed E-state index contributed by atoms with van der Waals surface area (Å²) in [6.07, 6.45) is 7.67. The maximum atomic E-state index is 11.2. The molecule has 4 nitrogen and oxygen atoms in total. The van der Waals surface area contributed by atoms with Crippen molar-refractivity contribution in [2.45, 2.75) is 13.3 Å². The molecule has 104 valence electrons. The Morgan fingerprint density at radius 3 is 2.75 bits per heavy atom. The van der Waals surface area contributed by atoms with Crippen LogP contribution in [0.25, 0.3) is 11.8 Å². The molecular weight excluding hydrogens is 272 g/mol. The van der Waals surface area contributed by atoms with Crippen LogP contribution in [0.4, 0.5) is 0 Å². The highest BCUT2D eigenvalue weighted by Crippen LogP contribution is 2.11. The summed E-state index contributed by atoms with van der Waals surface area (Å²) in [5.74, 6) is -0.209. The van der Waals surface area contributed by atoms with Gasteiger partial charge in [0.2, 0.25) is 0 Å². The van der Waals surface area contributed by atoms with Crippen molar-refractivity contribution in [1.29, 1.82) is 0 Å². The van der Waals surface area contributed by atoms with Crippen LogP contribution < -0.4 is 0 Å². The topological polar surface area (TPSA) is 47.0 Å². The smallest absolute Gasteiger partial charge is 0.309 e. The minimum atomic E-state index is -0.209. The van der Waals surface area contributed by atoms with Crippen molar-refractivity contribution >= 4 is 24.3 Å². The summed E-state index contributed by atoms with van der Waals surface area (Å²) in [4.78, 5) is 14.1. The van der Waals surface area contributed by atoms with Crippen LogP contribution in [0.1, 0.15) is 18.9 Å². The molecule has 0 unspecified atom stereocenters. The van der Waals surface area contributed by atoms with Gasteiger partial charge in [-0.05, 0) is 36.8 Å². The Labute approximate surface area is 122 Å². The molecule has 0 amide bonds. The molecule has 0 bridgehead atoms. The van der Waals surface area contributed by atoms with Crippen LogP contribution in [0.3, 0.4) is 0 Å². The van der Waals surface area contributed by atoms with E-state index < -0.39 is 0 Å². The van der Waals surface area contributed by atoms with Gasteiger partial charge in [-0.1, -0.05) is 24.3 Å². The average Bonchev–Trinajstić information content (AvgIpc) is 2.86. The normalized spacial score (nSPS) is 10.8. The van der Waals surface area contributed by atoms with Crippen LogP contribution >= 0.6 is 12.2 Å². The minimum Gasteiger partial charge on any atom is -0.466 e. The highest BCUT2D eigenvalue weighted by Gasteiger charge is 1.98. The molecule has 0 aliphatic carbocycles. The lowest BCUT2D eigenvalue weighted by molar-refractivity contribution is -0.142. The lowest BCUT2D eigenvalue weighted by Crippen LogP contribution is -2.01. The van der Waals surface area contributed by atoms with E-state index in [4.69, 9.17) is 17.0 Å². The van der Waals surface area contributed by atoms with Gasteiger partial charge in [-0.15, -0.1) is 0 Å². The number of benzene rings is 1. The van der Waals surface area contributed by atoms with E-state index >= 15 is 0 Å². The highest BCUT2D eigenvalue weighted by molar-refractivity contribution is 7.71. The van der Waals surface area contributed by atoms with E-state index in [9.17, 15) is 4.79 Å². The number of H-pyrrole nitrogens is 1. The Hall–Kier alpha value is -2.14. The summed E-state index contributed by atoms with van der Waals surface area (Å²) in [5.41, 5.74) is 2.03. The molecular formula is C15H16N2O2S. The number of carbonyl (C=O) groups excluding carboxylic acids is 1. The number of ether oxygens (including phenoxy) is 1. The number of esters is 1. The Kier molecular flexibility index (Phi) is 4.90. The molecule has 1 aromatic carbocycles. The zero-order valence-electron chi connectivity index (χ0n) is 11.2. The molecule has 5 heteroatoms. The van der Waals surface area contributed by atoms with E-state index in [0.29, 0.717) is 17.8 Å². The fourth-order valence-corrected chi connectivity index (χ4v) is 2.02. The summed E-state index contributed by atoms with van der Waals surface area (Å²) in [7, 11) is 0. The van der Waals surface area contributed by atoms with E-state index in [-0.39, 0.29) is 5.97 Å². The second kappa shape index (κ2) is 6.86. The average molecular weight is 288 g/mol. The van der Waals surface area contributed by atoms with Crippen LogP contribution in [0.2, 0.25) is 0 Å². The highest BCUT2D eigenvalue weighted by atomic mass is 32.1. The molecule has 2 aromatic rings. The van der Waals surface area contributed by atoms with Crippen molar-refractivity contribution < 1.29 is 9.53 Å². The van der Waals surface area contributed by atoms with E-state index in [0.717, 1.165) is 11.3 Å². The van der Waals surface area contributed by atoms with Gasteiger partial charge in [-0.25, -0.2) is 0 Å². The SMILES string of the molecule is CCOC(=O)CC=Cc1ccc(-n2cc[nH]c2=S)cc1. The van der Waals surface area contributed by atoms with Gasteiger partial charge in [0.05, 0.1) is 13.0 Å². The second-order valence-electron chi connectivity index (χ2n) is 4.14. The first kappa shape index (κ1) is 14.3. The fourth-order valence-electron chi connectivity index (χ4n) is 1.78. The van der Waals surface area contributed by atoms with Gasteiger partial charge in [-0.2, -0.15) is 0 Å². The van der Waals surface area contributed by atoms with Crippen LogP contribution in [0, 0.1) is 4.77 Å². The Morgan fingerprint density at radius 2 is 2.15 bits per heavy atom. The molecule has 0 saturated heterocycles. The zero-order chi connectivity index (χ0) is 14.4. The third-order valence-corrected chi connectivity index (χ3v) is 3.04. The number of imidazole rings is 1. The van der Waals surface area contributed by atoms with Crippen molar-refractivity contribution in [3.05, 3.63) is 53.1 Å². The summed E-state index contributed by atoms with van der Waals surface area (Å²) in [6, 6.07) is 7.92. The number of carbonyl (C=O) groups is 1. The largest absolute Gasteiger partial charge is 0.466 e. The summed E-state index contributed by atoms with van der Waals surface area (Å²) < 4.78 is 7.41. The molecule has 0 atom stereocenters. The van der Waals surface area contributed by atoms with E-state index in [1.54, 1.807) is 19.2 Å². The van der Waals surface area contributed by atoms with Crippen LogP contribution in [-0.2, 0) is 9.53 Å². The lowest BCUT2D eigenvalue weighted by atomic mass is 10.2. The van der Waals surface area contributed by atoms with Gasteiger partial charge in [0.25, 0.3) is 0 Å². The molecule has 0 saturated carbocycles. The van der Waals surface area contributed by atoms with Gasteiger partial charge in [0.1, 0.15) is 0 Å². The maximum absolute atomic E-state index is 11.2. The van der Waals surface area contributed by atoms with Gasteiger partial charge in [-0.3, -0.25) is 9.36 Å². The Balaban J connectivity index is 2.02. The van der Waals surface area contributed by atoms with Crippen molar-refractivity contribution in [3.8, 4) is 5.69 Å². The summed E-state index contributed by atoms with van der Waals surface area (Å²) in [6.45, 7) is 2.21. The minimum absolute atomic E-state index is 0.209. The number of hydrogen-bond acceptors (Lipinski definition) is 3. The molecule has 2 rings (SSSR count). The molecule has 1 aromatic heterocycles. The molecule has 1 N–H and O–H groups in total. The van der Waals surface area contributed by atoms with Crippen LogP contribution in [-0.4, -0.2) is 22.1 Å². The standard InChI is InChI=1S/C15H16N2O2S/c1-2-19-14(18)5-3-4-12-6-8-13(9-7-12)17-11-10-16-15(17)20/h3-4,6-11H,2,5H2,1H3,(H,16,20).